The molecule has 1 heterocycles. The lowest BCUT2D eigenvalue weighted by molar-refractivity contribution is 0.0847. The van der Waals surface area contributed by atoms with Crippen molar-refractivity contribution < 1.29 is 9.84 Å². The first-order valence-electron chi connectivity index (χ1n) is 5.94. The van der Waals surface area contributed by atoms with Gasteiger partial charge in [-0.1, -0.05) is 30.3 Å². The smallest absolute Gasteiger partial charge is 0.162 e. The summed E-state index contributed by atoms with van der Waals surface area (Å²) in [6, 6.07) is 11.5. The average molecular weight is 244 g/mol. The van der Waals surface area contributed by atoms with Crippen LogP contribution in [0.25, 0.3) is 0 Å². The van der Waals surface area contributed by atoms with Gasteiger partial charge in [-0.15, -0.1) is 0 Å². The number of hydrogen-bond acceptors (Lipinski definition) is 4. The van der Waals surface area contributed by atoms with Gasteiger partial charge in [-0.2, -0.15) is 0 Å². The summed E-state index contributed by atoms with van der Waals surface area (Å²) in [6.07, 6.45) is 1.35. The minimum atomic E-state index is -0.289. The van der Waals surface area contributed by atoms with Crippen LogP contribution in [0.15, 0.2) is 42.6 Å². The molecule has 1 aromatic carbocycles. The molecule has 4 heteroatoms. The third-order valence-corrected chi connectivity index (χ3v) is 2.56. The van der Waals surface area contributed by atoms with Crippen molar-refractivity contribution in [2.75, 3.05) is 6.61 Å². The molecular formula is C14H16N2O2. The summed E-state index contributed by atoms with van der Waals surface area (Å²) in [5.41, 5.74) is 1.61. The molecule has 1 atom stereocenters. The first kappa shape index (κ1) is 12.7. The Balaban J connectivity index is 2.35. The van der Waals surface area contributed by atoms with Crippen molar-refractivity contribution in [3.63, 3.8) is 0 Å². The normalized spacial score (nSPS) is 12.3. The number of aliphatic hydroxyl groups is 1. The molecule has 1 aromatic heterocycles. The molecule has 2 rings (SSSR count). The van der Waals surface area contributed by atoms with Gasteiger partial charge in [0.2, 0.25) is 0 Å². The van der Waals surface area contributed by atoms with E-state index in [-0.39, 0.29) is 12.7 Å². The zero-order chi connectivity index (χ0) is 12.8. The Bertz CT molecular complexity index is 488. The fourth-order valence-electron chi connectivity index (χ4n) is 1.74. The molecule has 94 valence electrons. The van der Waals surface area contributed by atoms with E-state index in [1.165, 1.54) is 0 Å². The molecule has 0 spiro atoms. The Morgan fingerprint density at radius 2 is 2.00 bits per heavy atom. The summed E-state index contributed by atoms with van der Waals surface area (Å²) in [5.74, 6) is 0.578. The van der Waals surface area contributed by atoms with Crippen molar-refractivity contribution in [2.45, 2.75) is 19.6 Å². The second-order valence-electron chi connectivity index (χ2n) is 3.81. The van der Waals surface area contributed by atoms with Crippen molar-refractivity contribution in [3.05, 3.63) is 59.7 Å². The molecule has 0 saturated heterocycles. The third kappa shape index (κ3) is 2.91. The van der Waals surface area contributed by atoms with Crippen LogP contribution in [0.5, 0.6) is 0 Å². The number of nitrogens with zero attached hydrogens (tertiary/aromatic N) is 2. The number of ether oxygens (including phenoxy) is 1. The van der Waals surface area contributed by atoms with Crippen molar-refractivity contribution in [1.82, 2.24) is 9.97 Å². The first-order valence-corrected chi connectivity index (χ1v) is 5.94. The van der Waals surface area contributed by atoms with Crippen LogP contribution in [-0.2, 0) is 11.3 Å². The fraction of sp³-hybridized carbons (Fsp3) is 0.286. The van der Waals surface area contributed by atoms with Gasteiger partial charge in [0.05, 0.1) is 12.3 Å². The molecule has 0 bridgehead atoms. The molecule has 18 heavy (non-hydrogen) atoms. The fourth-order valence-corrected chi connectivity index (χ4v) is 1.74. The zero-order valence-electron chi connectivity index (χ0n) is 10.3. The Hall–Kier alpha value is -1.78. The number of benzene rings is 1. The van der Waals surface area contributed by atoms with E-state index in [1.54, 1.807) is 12.3 Å². The number of aliphatic hydroxyl groups excluding tert-OH is 1. The minimum absolute atomic E-state index is 0.0941. The summed E-state index contributed by atoms with van der Waals surface area (Å²) in [7, 11) is 0. The molecule has 0 fully saturated rings. The largest absolute Gasteiger partial charge is 0.390 e. The Kier molecular flexibility index (Phi) is 4.39. The van der Waals surface area contributed by atoms with Gasteiger partial charge in [0.1, 0.15) is 6.10 Å². The van der Waals surface area contributed by atoms with Gasteiger partial charge in [0.25, 0.3) is 0 Å². The molecule has 0 saturated carbocycles. The lowest BCUT2D eigenvalue weighted by Crippen LogP contribution is -2.11. The maximum atomic E-state index is 9.11. The van der Waals surface area contributed by atoms with Gasteiger partial charge in [-0.25, -0.2) is 9.97 Å². The monoisotopic (exact) mass is 244 g/mol. The van der Waals surface area contributed by atoms with Crippen LogP contribution >= 0.6 is 0 Å². The van der Waals surface area contributed by atoms with E-state index in [9.17, 15) is 0 Å². The standard InChI is InChI=1S/C14H16N2O2/c1-2-18-13(11-6-4-3-5-7-11)14-15-9-8-12(10-17)16-14/h3-9,13,17H,2,10H2,1H3. The summed E-state index contributed by atoms with van der Waals surface area (Å²) in [6.45, 7) is 2.42. The van der Waals surface area contributed by atoms with Crippen LogP contribution in [-0.4, -0.2) is 21.7 Å². The van der Waals surface area contributed by atoms with Crippen LogP contribution in [0.3, 0.4) is 0 Å². The highest BCUT2D eigenvalue weighted by atomic mass is 16.5. The molecule has 0 aliphatic carbocycles. The van der Waals surface area contributed by atoms with E-state index in [0.717, 1.165) is 5.56 Å². The van der Waals surface area contributed by atoms with Gasteiger partial charge >= 0.3 is 0 Å². The van der Waals surface area contributed by atoms with Crippen molar-refractivity contribution in [3.8, 4) is 0 Å². The highest BCUT2D eigenvalue weighted by molar-refractivity contribution is 5.23. The SMILES string of the molecule is CCOC(c1ccccc1)c1nccc(CO)n1. The number of aromatic nitrogens is 2. The number of rotatable bonds is 5. The van der Waals surface area contributed by atoms with Crippen molar-refractivity contribution in [2.24, 2.45) is 0 Å². The van der Waals surface area contributed by atoms with Crippen LogP contribution in [0.1, 0.15) is 30.1 Å². The quantitative estimate of drug-likeness (QED) is 0.875. The molecule has 2 aromatic rings. The summed E-state index contributed by atoms with van der Waals surface area (Å²) in [4.78, 5) is 8.54. The topological polar surface area (TPSA) is 55.2 Å². The summed E-state index contributed by atoms with van der Waals surface area (Å²) >= 11 is 0. The van der Waals surface area contributed by atoms with Crippen molar-refractivity contribution in [1.29, 1.82) is 0 Å². The van der Waals surface area contributed by atoms with E-state index < -0.39 is 0 Å². The maximum Gasteiger partial charge on any atom is 0.162 e. The Morgan fingerprint density at radius 3 is 2.67 bits per heavy atom. The third-order valence-electron chi connectivity index (χ3n) is 2.56. The molecule has 0 aliphatic heterocycles. The Morgan fingerprint density at radius 1 is 1.22 bits per heavy atom. The van der Waals surface area contributed by atoms with E-state index in [0.29, 0.717) is 18.1 Å². The van der Waals surface area contributed by atoms with Gasteiger partial charge < -0.3 is 9.84 Å². The van der Waals surface area contributed by atoms with E-state index >= 15 is 0 Å². The maximum absolute atomic E-state index is 9.11. The van der Waals surface area contributed by atoms with Gasteiger partial charge in [0, 0.05) is 12.8 Å². The molecule has 0 radical (unpaired) electrons. The highest BCUT2D eigenvalue weighted by Gasteiger charge is 2.17. The lowest BCUT2D eigenvalue weighted by atomic mass is 10.1. The van der Waals surface area contributed by atoms with E-state index in [2.05, 4.69) is 9.97 Å². The van der Waals surface area contributed by atoms with Crippen LogP contribution in [0.4, 0.5) is 0 Å². The predicted octanol–water partition coefficient (Wildman–Crippen LogP) is 2.09. The van der Waals surface area contributed by atoms with Gasteiger partial charge in [-0.3, -0.25) is 0 Å². The van der Waals surface area contributed by atoms with Crippen LogP contribution in [0, 0.1) is 0 Å². The zero-order valence-corrected chi connectivity index (χ0v) is 10.3. The van der Waals surface area contributed by atoms with Crippen LogP contribution in [0.2, 0.25) is 0 Å². The second-order valence-corrected chi connectivity index (χ2v) is 3.81. The van der Waals surface area contributed by atoms with Gasteiger partial charge in [-0.05, 0) is 18.6 Å². The summed E-state index contributed by atoms with van der Waals surface area (Å²) < 4.78 is 5.71. The second kappa shape index (κ2) is 6.23. The van der Waals surface area contributed by atoms with Crippen LogP contribution < -0.4 is 0 Å². The molecule has 1 unspecified atom stereocenters. The first-order chi connectivity index (χ1) is 8.85. The van der Waals surface area contributed by atoms with E-state index in [1.807, 2.05) is 37.3 Å². The minimum Gasteiger partial charge on any atom is -0.390 e. The highest BCUT2D eigenvalue weighted by Crippen LogP contribution is 2.22. The predicted molar refractivity (Wildman–Crippen MR) is 67.9 cm³/mol. The molecule has 0 aliphatic rings. The van der Waals surface area contributed by atoms with Gasteiger partial charge in [0.15, 0.2) is 5.82 Å². The molecule has 4 nitrogen and oxygen atoms in total. The summed E-state index contributed by atoms with van der Waals surface area (Å²) in [5, 5.41) is 9.11. The van der Waals surface area contributed by atoms with E-state index in [4.69, 9.17) is 9.84 Å². The van der Waals surface area contributed by atoms with Crippen molar-refractivity contribution >= 4 is 0 Å². The lowest BCUT2D eigenvalue weighted by Gasteiger charge is -2.16. The molecular weight excluding hydrogens is 228 g/mol. The average Bonchev–Trinajstić information content (AvgIpc) is 2.46. The Labute approximate surface area is 106 Å². The molecule has 0 amide bonds. The number of hydrogen-bond donors (Lipinski definition) is 1. The molecule has 1 N–H and O–H groups in total.